The minimum atomic E-state index is 0.325. The molecule has 2 fully saturated rings. The van der Waals surface area contributed by atoms with Crippen molar-refractivity contribution in [3.05, 3.63) is 23.5 Å². The van der Waals surface area contributed by atoms with Gasteiger partial charge in [-0.1, -0.05) is 12.2 Å². The summed E-state index contributed by atoms with van der Waals surface area (Å²) < 4.78 is 0. The predicted molar refractivity (Wildman–Crippen MR) is 123 cm³/mol. The number of aryl methyl sites for hydroxylation is 1. The summed E-state index contributed by atoms with van der Waals surface area (Å²) in [7, 11) is 0. The molecule has 2 aromatic heterocycles. The number of H-pyrrole nitrogens is 1. The SMILES string of the molecule is C=Nc1cc(Nc2n[nH]c(C)n2)nc(NC2C[C@H]3CC[C@@H](C2)N3CCC#N)c1/C=C\C. The third-order valence-corrected chi connectivity index (χ3v) is 6.08. The van der Waals surface area contributed by atoms with Gasteiger partial charge in [0.15, 0.2) is 0 Å². The average molecular weight is 420 g/mol. The van der Waals surface area contributed by atoms with Crippen LogP contribution in [0, 0.1) is 18.3 Å². The van der Waals surface area contributed by atoms with Crippen LogP contribution in [0.1, 0.15) is 50.4 Å². The van der Waals surface area contributed by atoms with Crippen LogP contribution in [0.5, 0.6) is 0 Å². The van der Waals surface area contributed by atoms with Crippen molar-refractivity contribution in [3.63, 3.8) is 0 Å². The summed E-state index contributed by atoms with van der Waals surface area (Å²) in [6.45, 7) is 8.45. The van der Waals surface area contributed by atoms with E-state index in [1.807, 2.05) is 32.1 Å². The molecule has 4 heterocycles. The fraction of sp³-hybridized carbons (Fsp3) is 0.500. The monoisotopic (exact) mass is 419 g/mol. The molecule has 0 radical (unpaired) electrons. The molecule has 3 N–H and O–H groups in total. The number of pyridine rings is 1. The van der Waals surface area contributed by atoms with E-state index in [9.17, 15) is 0 Å². The number of allylic oxidation sites excluding steroid dienone is 1. The van der Waals surface area contributed by atoms with Crippen molar-refractivity contribution in [2.75, 3.05) is 17.2 Å². The normalized spacial score (nSPS) is 23.1. The fourth-order valence-corrected chi connectivity index (χ4v) is 4.82. The number of aromatic nitrogens is 4. The topological polar surface area (TPSA) is 118 Å². The summed E-state index contributed by atoms with van der Waals surface area (Å²) in [5, 5.41) is 22.8. The molecule has 0 aromatic carbocycles. The molecule has 9 heteroatoms. The lowest BCUT2D eigenvalue weighted by Gasteiger charge is -2.39. The quantitative estimate of drug-likeness (QED) is 0.555. The highest BCUT2D eigenvalue weighted by Gasteiger charge is 2.40. The summed E-state index contributed by atoms with van der Waals surface area (Å²) in [4.78, 5) is 15.9. The van der Waals surface area contributed by atoms with Gasteiger partial charge in [-0.3, -0.25) is 15.0 Å². The molecule has 3 atom stereocenters. The number of aliphatic imine (C=N–C) groups is 1. The van der Waals surface area contributed by atoms with E-state index in [1.165, 1.54) is 12.8 Å². The highest BCUT2D eigenvalue weighted by atomic mass is 15.3. The van der Waals surface area contributed by atoms with Crippen molar-refractivity contribution in [3.8, 4) is 6.07 Å². The number of rotatable bonds is 8. The Hall–Kier alpha value is -3.25. The van der Waals surface area contributed by atoms with Gasteiger partial charge in [-0.15, -0.1) is 5.10 Å². The van der Waals surface area contributed by atoms with Gasteiger partial charge in [0.25, 0.3) is 0 Å². The van der Waals surface area contributed by atoms with Crippen LogP contribution in [0.25, 0.3) is 6.08 Å². The number of aromatic amines is 1. The van der Waals surface area contributed by atoms with E-state index in [1.54, 1.807) is 0 Å². The molecular formula is C22H29N9. The van der Waals surface area contributed by atoms with Crippen molar-refractivity contribution in [2.24, 2.45) is 4.99 Å². The van der Waals surface area contributed by atoms with E-state index in [2.05, 4.69) is 48.5 Å². The van der Waals surface area contributed by atoms with Crippen molar-refractivity contribution < 1.29 is 0 Å². The van der Waals surface area contributed by atoms with Gasteiger partial charge in [0.05, 0.1) is 11.8 Å². The van der Waals surface area contributed by atoms with Crippen LogP contribution in [0.4, 0.5) is 23.3 Å². The number of fused-ring (bicyclic) bond motifs is 2. The van der Waals surface area contributed by atoms with Crippen LogP contribution < -0.4 is 10.6 Å². The Kier molecular flexibility index (Phi) is 6.28. The molecule has 1 unspecified atom stereocenters. The molecule has 0 spiro atoms. The molecule has 2 aliphatic heterocycles. The van der Waals surface area contributed by atoms with E-state index in [0.717, 1.165) is 42.3 Å². The number of hydrogen-bond donors (Lipinski definition) is 3. The average Bonchev–Trinajstić information content (AvgIpc) is 3.26. The second kappa shape index (κ2) is 9.27. The smallest absolute Gasteiger partial charge is 0.247 e. The Morgan fingerprint density at radius 2 is 2.13 bits per heavy atom. The van der Waals surface area contributed by atoms with Gasteiger partial charge in [-0.2, -0.15) is 10.2 Å². The third-order valence-electron chi connectivity index (χ3n) is 6.08. The molecule has 9 nitrogen and oxygen atoms in total. The first-order valence-electron chi connectivity index (χ1n) is 10.8. The van der Waals surface area contributed by atoms with Gasteiger partial charge in [0.1, 0.15) is 17.5 Å². The summed E-state index contributed by atoms with van der Waals surface area (Å²) in [6.07, 6.45) is 9.10. The highest BCUT2D eigenvalue weighted by Crippen LogP contribution is 2.38. The van der Waals surface area contributed by atoms with Gasteiger partial charge in [0, 0.05) is 42.7 Å². The summed E-state index contributed by atoms with van der Waals surface area (Å²) in [6, 6.07) is 5.53. The molecule has 2 aliphatic rings. The molecule has 0 amide bonds. The summed E-state index contributed by atoms with van der Waals surface area (Å²) >= 11 is 0. The fourth-order valence-electron chi connectivity index (χ4n) is 4.82. The van der Waals surface area contributed by atoms with Crippen LogP contribution >= 0.6 is 0 Å². The maximum absolute atomic E-state index is 8.97. The maximum atomic E-state index is 8.97. The Morgan fingerprint density at radius 3 is 2.74 bits per heavy atom. The second-order valence-corrected chi connectivity index (χ2v) is 8.16. The van der Waals surface area contributed by atoms with Gasteiger partial charge in [-0.05, 0) is 46.2 Å². The Morgan fingerprint density at radius 1 is 1.35 bits per heavy atom. The van der Waals surface area contributed by atoms with Crippen LogP contribution in [0.15, 0.2) is 17.1 Å². The van der Waals surface area contributed by atoms with Crippen molar-refractivity contribution in [2.45, 2.75) is 64.1 Å². The van der Waals surface area contributed by atoms with E-state index >= 15 is 0 Å². The molecule has 4 rings (SSSR count). The first-order chi connectivity index (χ1) is 15.1. The number of hydrogen-bond acceptors (Lipinski definition) is 8. The van der Waals surface area contributed by atoms with E-state index < -0.39 is 0 Å². The Labute approximate surface area is 182 Å². The number of piperidine rings is 1. The lowest BCUT2D eigenvalue weighted by atomic mass is 9.96. The van der Waals surface area contributed by atoms with Crippen molar-refractivity contribution in [1.29, 1.82) is 5.26 Å². The third kappa shape index (κ3) is 4.59. The maximum Gasteiger partial charge on any atom is 0.247 e. The first kappa shape index (κ1) is 21.0. The minimum absolute atomic E-state index is 0.325. The van der Waals surface area contributed by atoms with Crippen LogP contribution in [0.2, 0.25) is 0 Å². The molecule has 162 valence electrons. The molecule has 2 saturated heterocycles. The molecule has 31 heavy (non-hydrogen) atoms. The molecular weight excluding hydrogens is 390 g/mol. The Bertz CT molecular complexity index is 989. The van der Waals surface area contributed by atoms with E-state index in [0.29, 0.717) is 36.3 Å². The standard InChI is InChI=1S/C22H29N9/c1-4-6-18-19(24-3)13-20(28-22-25-14(2)29-30-22)27-21(18)26-15-11-16-7-8-17(12-15)31(16)10-5-9-23/h4,6,13,15-17H,3,5,7-8,10-12H2,1-2H3,(H3,25,26,27,28,29,30)/b6-4-/t15?,16-,17+. The largest absolute Gasteiger partial charge is 0.367 e. The summed E-state index contributed by atoms with van der Waals surface area (Å²) in [5.74, 6) is 2.60. The Balaban J connectivity index is 1.57. The van der Waals surface area contributed by atoms with Crippen molar-refractivity contribution in [1.82, 2.24) is 25.1 Å². The zero-order valence-corrected chi connectivity index (χ0v) is 18.1. The van der Waals surface area contributed by atoms with Crippen molar-refractivity contribution >= 4 is 36.1 Å². The predicted octanol–water partition coefficient (Wildman–Crippen LogP) is 3.94. The lowest BCUT2D eigenvalue weighted by Crippen LogP contribution is -2.47. The number of nitrogens with one attached hydrogen (secondary N) is 3. The van der Waals surface area contributed by atoms with E-state index in [-0.39, 0.29) is 0 Å². The molecule has 0 saturated carbocycles. The van der Waals surface area contributed by atoms with Gasteiger partial charge < -0.3 is 10.6 Å². The lowest BCUT2D eigenvalue weighted by molar-refractivity contribution is 0.135. The second-order valence-electron chi connectivity index (χ2n) is 8.16. The highest BCUT2D eigenvalue weighted by molar-refractivity contribution is 5.78. The van der Waals surface area contributed by atoms with E-state index in [4.69, 9.17) is 10.2 Å². The summed E-state index contributed by atoms with van der Waals surface area (Å²) in [5.41, 5.74) is 1.67. The van der Waals surface area contributed by atoms with Gasteiger partial charge in [0.2, 0.25) is 5.95 Å². The number of anilines is 3. The van der Waals surface area contributed by atoms with Crippen LogP contribution in [0.3, 0.4) is 0 Å². The zero-order chi connectivity index (χ0) is 21.8. The minimum Gasteiger partial charge on any atom is -0.367 e. The van der Waals surface area contributed by atoms with Gasteiger partial charge >= 0.3 is 0 Å². The van der Waals surface area contributed by atoms with Crippen LogP contribution in [-0.2, 0) is 0 Å². The van der Waals surface area contributed by atoms with Crippen LogP contribution in [-0.4, -0.2) is 56.5 Å². The molecule has 2 aromatic rings. The number of nitriles is 1. The van der Waals surface area contributed by atoms with Gasteiger partial charge in [-0.25, -0.2) is 4.98 Å². The molecule has 2 bridgehead atoms. The molecule has 0 aliphatic carbocycles. The number of nitrogens with zero attached hydrogens (tertiary/aromatic N) is 6. The first-order valence-corrected chi connectivity index (χ1v) is 10.8. The zero-order valence-electron chi connectivity index (χ0n) is 18.1.